The summed E-state index contributed by atoms with van der Waals surface area (Å²) < 4.78 is 5.85. The zero-order chi connectivity index (χ0) is 21.5. The molecule has 5 radical (unpaired) electrons. The van der Waals surface area contributed by atoms with Crippen LogP contribution in [0.1, 0.15) is 20.3 Å². The lowest BCUT2D eigenvalue weighted by Crippen LogP contribution is -2.31. The Hall–Kier alpha value is -2.25. The second-order valence-electron chi connectivity index (χ2n) is 7.38. The van der Waals surface area contributed by atoms with Gasteiger partial charge >= 0.3 is 5.97 Å². The molecule has 0 N–H and O–H groups in total. The summed E-state index contributed by atoms with van der Waals surface area (Å²) in [6.07, 6.45) is 6.40. The monoisotopic (exact) mass is 417 g/mol. The molecule has 0 amide bonds. The first-order chi connectivity index (χ1) is 14.5. The van der Waals surface area contributed by atoms with Crippen molar-refractivity contribution in [3.63, 3.8) is 0 Å². The van der Waals surface area contributed by atoms with E-state index >= 15 is 0 Å². The Morgan fingerprint density at radius 3 is 2.10 bits per heavy atom. The van der Waals surface area contributed by atoms with E-state index in [2.05, 4.69) is 30.8 Å². The van der Waals surface area contributed by atoms with E-state index in [-0.39, 0.29) is 11.9 Å². The van der Waals surface area contributed by atoms with Gasteiger partial charge in [-0.05, 0) is 50.3 Å². The largest absolute Gasteiger partial charge is 0.457 e. The lowest BCUT2D eigenvalue weighted by atomic mass is 9.96. The lowest BCUT2D eigenvalue weighted by molar-refractivity contribution is -0.146. The molecule has 0 aliphatic heterocycles. The number of hydrogen-bond acceptors (Lipinski definition) is 3. The van der Waals surface area contributed by atoms with Gasteiger partial charge in [-0.3, -0.25) is 4.79 Å². The van der Waals surface area contributed by atoms with Gasteiger partial charge in [0.2, 0.25) is 0 Å². The second kappa shape index (κ2) is 10.7. The summed E-state index contributed by atoms with van der Waals surface area (Å²) in [7, 11) is -0.904. The second-order valence-corrected chi connectivity index (χ2v) is 9.57. The van der Waals surface area contributed by atoms with Crippen molar-refractivity contribution >= 4 is 30.8 Å². The molecule has 2 aromatic carbocycles. The Kier molecular flexibility index (Phi) is 7.99. The van der Waals surface area contributed by atoms with E-state index in [1.807, 2.05) is 69.5 Å². The van der Waals surface area contributed by atoms with E-state index in [9.17, 15) is 9.59 Å². The van der Waals surface area contributed by atoms with Crippen molar-refractivity contribution in [3.05, 3.63) is 104 Å². The van der Waals surface area contributed by atoms with Gasteiger partial charge in [-0.25, -0.2) is 0 Å². The number of aldehydes is 1. The lowest BCUT2D eigenvalue weighted by Gasteiger charge is -2.30. The summed E-state index contributed by atoms with van der Waals surface area (Å²) in [6, 6.07) is 20.5. The van der Waals surface area contributed by atoms with Crippen LogP contribution < -0.4 is 10.6 Å². The molecule has 1 fully saturated rings. The third-order valence-corrected chi connectivity index (χ3v) is 7.49. The van der Waals surface area contributed by atoms with E-state index in [0.717, 1.165) is 17.5 Å². The van der Waals surface area contributed by atoms with Crippen molar-refractivity contribution < 1.29 is 14.3 Å². The molecule has 4 heteroatoms. The van der Waals surface area contributed by atoms with Crippen LogP contribution in [0.25, 0.3) is 0 Å². The molecule has 0 unspecified atom stereocenters. The fourth-order valence-electron chi connectivity index (χ4n) is 3.52. The summed E-state index contributed by atoms with van der Waals surface area (Å²) in [5, 5.41) is 2.34. The average Bonchev–Trinajstić information content (AvgIpc) is 3.23. The number of esters is 1. The van der Waals surface area contributed by atoms with Crippen molar-refractivity contribution in [2.24, 2.45) is 5.92 Å². The van der Waals surface area contributed by atoms with Crippen LogP contribution in [0.4, 0.5) is 0 Å². The van der Waals surface area contributed by atoms with E-state index < -0.39 is 14.0 Å². The molecule has 0 spiro atoms. The summed E-state index contributed by atoms with van der Waals surface area (Å²) in [6.45, 7) is 7.68. The molecule has 30 heavy (non-hydrogen) atoms. The normalized spacial score (nSPS) is 16.9. The summed E-state index contributed by atoms with van der Waals surface area (Å²) in [5.74, 6) is 0.0746. The molecule has 0 bridgehead atoms. The van der Waals surface area contributed by atoms with Gasteiger partial charge < -0.3 is 9.53 Å². The summed E-state index contributed by atoms with van der Waals surface area (Å²) in [5.41, 5.74) is 1.70. The molecule has 0 saturated heterocycles. The third kappa shape index (κ3) is 5.26. The van der Waals surface area contributed by atoms with Gasteiger partial charge in [0.15, 0.2) is 0 Å². The standard InChI is InChI=1S/C26H26O3P/c1-19(2)25(20(3)17-18-27)29-26(28)23-15-10-16-24(23)30(21-11-6-4-7-12-21)22-13-8-5-9-14-22/h4-16,18,20,25H,1,17H2,2-3H3/t20-,25+/m1/s1. The fourth-order valence-corrected chi connectivity index (χ4v) is 5.95. The molecular weight excluding hydrogens is 391 g/mol. The quantitative estimate of drug-likeness (QED) is 0.260. The Morgan fingerprint density at radius 2 is 1.60 bits per heavy atom. The highest BCUT2D eigenvalue weighted by Crippen LogP contribution is 2.56. The van der Waals surface area contributed by atoms with Gasteiger partial charge in [0.05, 0.1) is 0 Å². The minimum Gasteiger partial charge on any atom is -0.457 e. The Balaban J connectivity index is 1.87. The minimum atomic E-state index is -0.904. The van der Waals surface area contributed by atoms with Crippen LogP contribution in [0.2, 0.25) is 0 Å². The Bertz CT molecular complexity index is 810. The molecule has 2 aromatic rings. The van der Waals surface area contributed by atoms with Gasteiger partial charge in [0, 0.05) is 18.0 Å². The number of hydrogen-bond donors (Lipinski definition) is 0. The smallest absolute Gasteiger partial charge is 0.315 e. The zero-order valence-electron chi connectivity index (χ0n) is 17.3. The molecule has 1 aliphatic carbocycles. The van der Waals surface area contributed by atoms with Crippen LogP contribution in [0.15, 0.2) is 72.8 Å². The fraction of sp³-hybridized carbons (Fsp3) is 0.192. The highest BCUT2D eigenvalue weighted by Gasteiger charge is 2.43. The number of carbonyl (C=O) groups excluding carboxylic acids is 2. The van der Waals surface area contributed by atoms with Crippen molar-refractivity contribution in [2.45, 2.75) is 26.4 Å². The maximum Gasteiger partial charge on any atom is 0.315 e. The molecule has 0 heterocycles. The Labute approximate surface area is 181 Å². The van der Waals surface area contributed by atoms with Gasteiger partial charge in [-0.1, -0.05) is 74.2 Å². The van der Waals surface area contributed by atoms with Crippen LogP contribution in [0.3, 0.4) is 0 Å². The van der Waals surface area contributed by atoms with E-state index in [1.54, 1.807) is 0 Å². The van der Waals surface area contributed by atoms with Gasteiger partial charge in [0.1, 0.15) is 18.3 Å². The van der Waals surface area contributed by atoms with Crippen LogP contribution in [-0.4, -0.2) is 18.4 Å². The topological polar surface area (TPSA) is 43.4 Å². The molecule has 1 saturated carbocycles. The maximum absolute atomic E-state index is 13.2. The SMILES string of the molecule is C=C(C)[C@H](OC(=O)[C]1[CH][CH][CH][C]1P(c1ccccc1)c1ccccc1)[C@H](C)CC=O. The molecule has 3 nitrogen and oxygen atoms in total. The first kappa shape index (κ1) is 22.4. The molecule has 153 valence electrons. The van der Waals surface area contributed by atoms with Crippen molar-refractivity contribution in [1.82, 2.24) is 0 Å². The molecular formula is C26H26O3P. The van der Waals surface area contributed by atoms with Crippen LogP contribution in [-0.2, 0) is 14.3 Å². The first-order valence-electron chi connectivity index (χ1n) is 9.99. The number of benzene rings is 2. The third-order valence-electron chi connectivity index (χ3n) is 4.99. The van der Waals surface area contributed by atoms with Crippen LogP contribution >= 0.6 is 7.92 Å². The predicted octanol–water partition coefficient (Wildman–Crippen LogP) is 4.57. The summed E-state index contributed by atoms with van der Waals surface area (Å²) in [4.78, 5) is 24.1. The average molecular weight is 417 g/mol. The van der Waals surface area contributed by atoms with E-state index in [0.29, 0.717) is 12.3 Å². The van der Waals surface area contributed by atoms with Gasteiger partial charge in [-0.15, -0.1) is 0 Å². The minimum absolute atomic E-state index is 0.118. The van der Waals surface area contributed by atoms with Gasteiger partial charge in [-0.2, -0.15) is 0 Å². The van der Waals surface area contributed by atoms with E-state index in [1.165, 1.54) is 10.6 Å². The first-order valence-corrected chi connectivity index (χ1v) is 11.3. The Morgan fingerprint density at radius 1 is 1.03 bits per heavy atom. The number of carbonyl (C=O) groups is 2. The van der Waals surface area contributed by atoms with Crippen LogP contribution in [0.5, 0.6) is 0 Å². The number of ether oxygens (including phenoxy) is 1. The molecule has 2 atom stereocenters. The summed E-state index contributed by atoms with van der Waals surface area (Å²) >= 11 is 0. The van der Waals surface area contributed by atoms with Crippen molar-refractivity contribution in [2.75, 3.05) is 0 Å². The molecule has 0 aromatic heterocycles. The zero-order valence-corrected chi connectivity index (χ0v) is 18.2. The van der Waals surface area contributed by atoms with Crippen LogP contribution in [0, 0.1) is 36.8 Å². The van der Waals surface area contributed by atoms with Crippen molar-refractivity contribution in [1.29, 1.82) is 0 Å². The highest BCUT2D eigenvalue weighted by molar-refractivity contribution is 7.76. The maximum atomic E-state index is 13.2. The number of rotatable bonds is 9. The van der Waals surface area contributed by atoms with Gasteiger partial charge in [0.25, 0.3) is 0 Å². The molecule has 1 aliphatic rings. The van der Waals surface area contributed by atoms with Crippen molar-refractivity contribution in [3.8, 4) is 0 Å². The predicted molar refractivity (Wildman–Crippen MR) is 123 cm³/mol. The highest BCUT2D eigenvalue weighted by atomic mass is 31.1. The van der Waals surface area contributed by atoms with E-state index in [4.69, 9.17) is 4.74 Å². The molecule has 3 rings (SSSR count).